The number of hydrogen-bond donors (Lipinski definition) is 1. The summed E-state index contributed by atoms with van der Waals surface area (Å²) in [5, 5.41) is 3.59. The summed E-state index contributed by atoms with van der Waals surface area (Å²) in [6, 6.07) is 6.29. The highest BCUT2D eigenvalue weighted by atomic mass is 16.5. The van der Waals surface area contributed by atoms with Crippen LogP contribution in [0.25, 0.3) is 0 Å². The van der Waals surface area contributed by atoms with E-state index in [2.05, 4.69) is 45.1 Å². The van der Waals surface area contributed by atoms with Gasteiger partial charge in [-0.05, 0) is 49.4 Å². The second-order valence-electron chi connectivity index (χ2n) is 5.98. The lowest BCUT2D eigenvalue weighted by Gasteiger charge is -2.43. The quantitative estimate of drug-likeness (QED) is 0.779. The summed E-state index contributed by atoms with van der Waals surface area (Å²) in [5.74, 6) is 0.938. The first-order chi connectivity index (χ1) is 7.34. The summed E-state index contributed by atoms with van der Waals surface area (Å²) in [6.45, 7) is 9.10. The lowest BCUT2D eigenvalue weighted by Crippen LogP contribution is -2.43. The van der Waals surface area contributed by atoms with E-state index in [4.69, 9.17) is 4.74 Å². The number of benzene rings is 1. The van der Waals surface area contributed by atoms with Crippen molar-refractivity contribution in [2.45, 2.75) is 45.1 Å². The van der Waals surface area contributed by atoms with Gasteiger partial charge in [-0.15, -0.1) is 0 Å². The zero-order valence-electron chi connectivity index (χ0n) is 10.8. The van der Waals surface area contributed by atoms with E-state index in [1.807, 2.05) is 6.07 Å². The zero-order chi connectivity index (χ0) is 12.0. The maximum atomic E-state index is 5.30. The molecule has 2 rings (SSSR count). The van der Waals surface area contributed by atoms with Gasteiger partial charge < -0.3 is 10.1 Å². The number of fused-ring (bicyclic) bond motifs is 1. The predicted molar refractivity (Wildman–Crippen MR) is 68.3 cm³/mol. The monoisotopic (exact) mass is 219 g/mol. The molecule has 0 aromatic heterocycles. The van der Waals surface area contributed by atoms with Crippen molar-refractivity contribution in [3.05, 3.63) is 23.8 Å². The van der Waals surface area contributed by atoms with Crippen LogP contribution in [-0.2, 0) is 5.41 Å². The third kappa shape index (κ3) is 1.89. The maximum absolute atomic E-state index is 5.30. The van der Waals surface area contributed by atoms with E-state index in [1.54, 1.807) is 7.11 Å². The van der Waals surface area contributed by atoms with Gasteiger partial charge in [0.25, 0.3) is 0 Å². The molecular formula is C14H21NO. The van der Waals surface area contributed by atoms with Gasteiger partial charge in [-0.1, -0.05) is 13.8 Å². The summed E-state index contributed by atoms with van der Waals surface area (Å²) < 4.78 is 5.30. The molecule has 0 spiro atoms. The molecule has 0 aliphatic carbocycles. The van der Waals surface area contributed by atoms with Gasteiger partial charge in [0.2, 0.25) is 0 Å². The Morgan fingerprint density at radius 2 is 1.88 bits per heavy atom. The fourth-order valence-corrected chi connectivity index (χ4v) is 2.93. The summed E-state index contributed by atoms with van der Waals surface area (Å²) in [6.07, 6.45) is 1.13. The first-order valence-corrected chi connectivity index (χ1v) is 5.81. The van der Waals surface area contributed by atoms with Crippen LogP contribution < -0.4 is 10.1 Å². The van der Waals surface area contributed by atoms with Gasteiger partial charge in [-0.2, -0.15) is 0 Å². The van der Waals surface area contributed by atoms with Crippen LogP contribution in [0.3, 0.4) is 0 Å². The van der Waals surface area contributed by atoms with Crippen LogP contribution in [0.5, 0.6) is 5.75 Å². The molecule has 1 aromatic rings. The molecule has 16 heavy (non-hydrogen) atoms. The second kappa shape index (κ2) is 3.41. The molecule has 1 aliphatic heterocycles. The van der Waals surface area contributed by atoms with E-state index in [-0.39, 0.29) is 11.0 Å². The van der Waals surface area contributed by atoms with Gasteiger partial charge in [0.15, 0.2) is 0 Å². The van der Waals surface area contributed by atoms with Crippen molar-refractivity contribution >= 4 is 5.69 Å². The van der Waals surface area contributed by atoms with Crippen LogP contribution in [0.1, 0.15) is 39.7 Å². The van der Waals surface area contributed by atoms with Gasteiger partial charge in [-0.3, -0.25) is 0 Å². The van der Waals surface area contributed by atoms with Crippen molar-refractivity contribution < 1.29 is 4.74 Å². The minimum Gasteiger partial charge on any atom is -0.497 e. The van der Waals surface area contributed by atoms with E-state index in [9.17, 15) is 0 Å². The lowest BCUT2D eigenvalue weighted by molar-refractivity contribution is 0.352. The van der Waals surface area contributed by atoms with E-state index in [0.29, 0.717) is 0 Å². The Morgan fingerprint density at radius 3 is 2.50 bits per heavy atom. The molecule has 0 radical (unpaired) electrons. The van der Waals surface area contributed by atoms with Crippen LogP contribution in [0.2, 0.25) is 0 Å². The normalized spacial score (nSPS) is 20.8. The molecule has 1 aliphatic rings. The van der Waals surface area contributed by atoms with Crippen LogP contribution in [-0.4, -0.2) is 12.6 Å². The Hall–Kier alpha value is -1.18. The summed E-state index contributed by atoms with van der Waals surface area (Å²) in [4.78, 5) is 0. The predicted octanol–water partition coefficient (Wildman–Crippen LogP) is 3.57. The number of methoxy groups -OCH3 is 1. The first kappa shape index (κ1) is 11.3. The van der Waals surface area contributed by atoms with Crippen LogP contribution >= 0.6 is 0 Å². The largest absolute Gasteiger partial charge is 0.497 e. The molecule has 1 N–H and O–H groups in total. The Bertz CT molecular complexity index is 407. The van der Waals surface area contributed by atoms with Gasteiger partial charge >= 0.3 is 0 Å². The molecule has 0 saturated carbocycles. The summed E-state index contributed by atoms with van der Waals surface area (Å²) in [7, 11) is 1.72. The molecule has 0 bridgehead atoms. The highest BCUT2D eigenvalue weighted by Crippen LogP contribution is 2.43. The van der Waals surface area contributed by atoms with Gasteiger partial charge in [0.1, 0.15) is 5.75 Å². The number of ether oxygens (including phenoxy) is 1. The molecule has 0 unspecified atom stereocenters. The maximum Gasteiger partial charge on any atom is 0.119 e. The Balaban J connectivity index is 2.51. The third-order valence-corrected chi connectivity index (χ3v) is 3.31. The Kier molecular flexibility index (Phi) is 2.41. The molecule has 2 nitrogen and oxygen atoms in total. The first-order valence-electron chi connectivity index (χ1n) is 5.81. The number of hydrogen-bond acceptors (Lipinski definition) is 2. The average Bonchev–Trinajstić information content (AvgIpc) is 2.14. The number of anilines is 1. The molecule has 1 heterocycles. The highest BCUT2D eigenvalue weighted by Gasteiger charge is 2.36. The average molecular weight is 219 g/mol. The SMILES string of the molecule is COc1ccc2c(c1)C(C)(C)CC(C)(C)N2. The van der Waals surface area contributed by atoms with Crippen LogP contribution in [0, 0.1) is 0 Å². The fourth-order valence-electron chi connectivity index (χ4n) is 2.93. The standard InChI is InChI=1S/C14H21NO/c1-13(2)9-14(3,4)15-12-7-6-10(16-5)8-11(12)13/h6-8,15H,9H2,1-5H3. The molecule has 0 fully saturated rings. The number of nitrogens with one attached hydrogen (secondary N) is 1. The van der Waals surface area contributed by atoms with Gasteiger partial charge in [0.05, 0.1) is 7.11 Å². The fraction of sp³-hybridized carbons (Fsp3) is 0.571. The zero-order valence-corrected chi connectivity index (χ0v) is 10.8. The van der Waals surface area contributed by atoms with Gasteiger partial charge in [-0.25, -0.2) is 0 Å². The third-order valence-electron chi connectivity index (χ3n) is 3.31. The highest BCUT2D eigenvalue weighted by molar-refractivity contribution is 5.60. The van der Waals surface area contributed by atoms with Crippen LogP contribution in [0.15, 0.2) is 18.2 Å². The Morgan fingerprint density at radius 1 is 1.19 bits per heavy atom. The van der Waals surface area contributed by atoms with Gasteiger partial charge in [0, 0.05) is 11.2 Å². The molecule has 1 aromatic carbocycles. The minimum atomic E-state index is 0.158. The smallest absolute Gasteiger partial charge is 0.119 e. The number of rotatable bonds is 1. The van der Waals surface area contributed by atoms with Crippen molar-refractivity contribution in [3.63, 3.8) is 0 Å². The second-order valence-corrected chi connectivity index (χ2v) is 5.98. The molecular weight excluding hydrogens is 198 g/mol. The van der Waals surface area contributed by atoms with E-state index in [1.165, 1.54) is 11.3 Å². The van der Waals surface area contributed by atoms with E-state index < -0.39 is 0 Å². The molecule has 0 atom stereocenters. The molecule has 2 heteroatoms. The topological polar surface area (TPSA) is 21.3 Å². The molecule has 0 amide bonds. The van der Waals surface area contributed by atoms with E-state index >= 15 is 0 Å². The summed E-state index contributed by atoms with van der Waals surface area (Å²) in [5.41, 5.74) is 2.94. The molecule has 88 valence electrons. The van der Waals surface area contributed by atoms with Crippen molar-refractivity contribution in [2.75, 3.05) is 12.4 Å². The lowest BCUT2D eigenvalue weighted by atomic mass is 9.71. The van der Waals surface area contributed by atoms with E-state index in [0.717, 1.165) is 12.2 Å². The van der Waals surface area contributed by atoms with Crippen molar-refractivity contribution in [1.82, 2.24) is 0 Å². The summed E-state index contributed by atoms with van der Waals surface area (Å²) >= 11 is 0. The van der Waals surface area contributed by atoms with Crippen molar-refractivity contribution in [1.29, 1.82) is 0 Å². The Labute approximate surface area is 98.0 Å². The van der Waals surface area contributed by atoms with Crippen molar-refractivity contribution in [2.24, 2.45) is 0 Å². The van der Waals surface area contributed by atoms with Crippen LogP contribution in [0.4, 0.5) is 5.69 Å². The molecule has 0 saturated heterocycles. The minimum absolute atomic E-state index is 0.158. The van der Waals surface area contributed by atoms with Crippen molar-refractivity contribution in [3.8, 4) is 5.75 Å².